The van der Waals surface area contributed by atoms with Gasteiger partial charge in [0.25, 0.3) is 10.1 Å². The van der Waals surface area contributed by atoms with Crippen molar-refractivity contribution in [2.45, 2.75) is 11.8 Å². The molecule has 0 aromatic heterocycles. The summed E-state index contributed by atoms with van der Waals surface area (Å²) >= 11 is 0.712. The van der Waals surface area contributed by atoms with Gasteiger partial charge in [-0.3, -0.25) is 4.55 Å². The molecule has 9 nitrogen and oxygen atoms in total. The van der Waals surface area contributed by atoms with E-state index in [2.05, 4.69) is 9.19 Å². The Morgan fingerprint density at radius 1 is 1.19 bits per heavy atom. The van der Waals surface area contributed by atoms with E-state index in [4.69, 9.17) is 25.5 Å². The topological polar surface area (TPSA) is 150 Å². The van der Waals surface area contributed by atoms with Gasteiger partial charge in [-0.2, -0.15) is 8.42 Å². The maximum absolute atomic E-state index is 11.2. The third-order valence-corrected chi connectivity index (χ3v) is 6.26. The van der Waals surface area contributed by atoms with Crippen molar-refractivity contribution in [3.05, 3.63) is 53.6 Å². The minimum atomic E-state index is -4.76. The third kappa shape index (κ3) is 7.30. The van der Waals surface area contributed by atoms with Crippen LogP contribution in [0.4, 0.5) is 5.69 Å². The number of carbonyl (C=O) groups is 1. The van der Waals surface area contributed by atoms with Gasteiger partial charge in [-0.05, 0) is 18.2 Å². The van der Waals surface area contributed by atoms with Crippen molar-refractivity contribution in [1.29, 1.82) is 0 Å². The summed E-state index contributed by atoms with van der Waals surface area (Å²) in [6, 6.07) is 10.9. The van der Waals surface area contributed by atoms with E-state index in [0.29, 0.717) is 5.69 Å². The van der Waals surface area contributed by atoms with E-state index >= 15 is 0 Å². The molecule has 4 N–H and O–H groups in total. The van der Waals surface area contributed by atoms with Crippen molar-refractivity contribution in [3.8, 4) is 0 Å². The molecule has 0 spiro atoms. The molecule has 0 radical (unpaired) electrons. The molecule has 26 heavy (non-hydrogen) atoms. The fourth-order valence-corrected chi connectivity index (χ4v) is 3.69. The minimum absolute atomic E-state index is 0.00438. The van der Waals surface area contributed by atoms with Crippen LogP contribution in [-0.2, 0) is 22.5 Å². The number of halogens is 1. The zero-order valence-electron chi connectivity index (χ0n) is 13.2. The van der Waals surface area contributed by atoms with Gasteiger partial charge in [0, 0.05) is 5.02 Å². The smallest absolute Gasteiger partial charge is 0.282 e. The average Bonchev–Trinajstić information content (AvgIpc) is 2.54. The molecule has 12 heteroatoms. The molecule has 0 bridgehead atoms. The van der Waals surface area contributed by atoms with Crippen molar-refractivity contribution in [3.63, 3.8) is 0 Å². The number of hydrogen-bond acceptors (Lipinski definition) is 6. The summed E-state index contributed by atoms with van der Waals surface area (Å²) in [7, 11) is -4.11. The molecule has 1 amide bonds. The number of carbonyl (C=O) groups excluding carboxylic acids is 1. The van der Waals surface area contributed by atoms with Crippen LogP contribution in [0.3, 0.4) is 0 Å². The van der Waals surface area contributed by atoms with Crippen LogP contribution in [0.15, 0.2) is 53.4 Å². The van der Waals surface area contributed by atoms with E-state index < -0.39 is 24.3 Å². The van der Waals surface area contributed by atoms with Crippen molar-refractivity contribution in [2.24, 2.45) is 0 Å². The summed E-state index contributed by atoms with van der Waals surface area (Å²) in [5.74, 6) is -0.237. The Bertz CT molecular complexity index is 917. The summed E-state index contributed by atoms with van der Waals surface area (Å²) in [5.41, 5.74) is 0.500. The van der Waals surface area contributed by atoms with Crippen molar-refractivity contribution < 1.29 is 34.7 Å². The van der Waals surface area contributed by atoms with E-state index in [1.807, 2.05) is 0 Å². The first-order valence-corrected chi connectivity index (χ1v) is 11.9. The van der Waals surface area contributed by atoms with E-state index in [1.165, 1.54) is 55.5 Å². The molecule has 0 heterocycles. The zero-order valence-corrected chi connectivity index (χ0v) is 16.7. The summed E-state index contributed by atoms with van der Waals surface area (Å²) in [4.78, 5) is 10.5. The fraction of sp³-hybridized carbons (Fsp3) is 0.0714. The van der Waals surface area contributed by atoms with Crippen molar-refractivity contribution >= 4 is 51.8 Å². The van der Waals surface area contributed by atoms with Crippen LogP contribution < -0.4 is 9.67 Å². The van der Waals surface area contributed by atoms with E-state index in [9.17, 15) is 17.0 Å². The van der Waals surface area contributed by atoms with Gasteiger partial charge in [-0.25, -0.2) is 0 Å². The summed E-state index contributed by atoms with van der Waals surface area (Å²) in [6.07, 6.45) is 0. The maximum atomic E-state index is 11.2. The predicted molar refractivity (Wildman–Crippen MR) is 94.0 cm³/mol. The Morgan fingerprint density at radius 2 is 1.77 bits per heavy atom. The first-order valence-electron chi connectivity index (χ1n) is 6.73. The first-order chi connectivity index (χ1) is 12.0. The molecule has 2 aromatic carbocycles. The zero-order chi connectivity index (χ0) is 20.0. The molecule has 0 aliphatic heterocycles. The second-order valence-electron chi connectivity index (χ2n) is 4.76. The third-order valence-electron chi connectivity index (χ3n) is 2.72. The van der Waals surface area contributed by atoms with Crippen LogP contribution in [0.1, 0.15) is 6.92 Å². The van der Waals surface area contributed by atoms with Crippen molar-refractivity contribution in [1.82, 2.24) is 0 Å². The van der Waals surface area contributed by atoms with Crippen LogP contribution in [0, 0.1) is 0 Å². The number of benzene rings is 2. The molecular weight excluding hydrogens is 453 g/mol. The van der Waals surface area contributed by atoms with Crippen LogP contribution in [0.5, 0.6) is 0 Å². The molecule has 2 aromatic rings. The van der Waals surface area contributed by atoms with E-state index in [-0.39, 0.29) is 20.2 Å². The van der Waals surface area contributed by atoms with E-state index in [1.54, 1.807) is 0 Å². The van der Waals surface area contributed by atoms with Gasteiger partial charge >= 0.3 is 88.4 Å². The number of amides is 1. The minimum Gasteiger partial charge on any atom is -0.282 e. The normalized spacial score (nSPS) is 13.1. The maximum Gasteiger partial charge on any atom is 0.294 e. The summed E-state index contributed by atoms with van der Waals surface area (Å²) in [6.45, 7) is 1.35. The molecule has 0 aliphatic carbocycles. The molecule has 1 unspecified atom stereocenters. The van der Waals surface area contributed by atoms with Gasteiger partial charge in [0.2, 0.25) is 0 Å². The average molecular weight is 468 g/mol. The van der Waals surface area contributed by atoms with Gasteiger partial charge in [0.15, 0.2) is 0 Å². The van der Waals surface area contributed by atoms with Crippen LogP contribution in [-0.4, -0.2) is 42.4 Å². The summed E-state index contributed by atoms with van der Waals surface area (Å²) in [5, 5.41) is 11.0. The molecule has 0 saturated heterocycles. The Morgan fingerprint density at radius 3 is 2.15 bits per heavy atom. The van der Waals surface area contributed by atoms with Crippen LogP contribution >= 0.6 is 11.6 Å². The molecule has 142 valence electrons. The Labute approximate surface area is 157 Å². The Kier molecular flexibility index (Phi) is 8.04. The van der Waals surface area contributed by atoms with Gasteiger partial charge in [-0.15, -0.1) is 0 Å². The fourth-order valence-electron chi connectivity index (χ4n) is 1.61. The number of anilines is 1. The van der Waals surface area contributed by atoms with Crippen molar-refractivity contribution in [2.75, 3.05) is 5.32 Å². The number of hydrogen-bond donors (Lipinski definition) is 4. The Balaban J connectivity index is 0.000000273. The second-order valence-corrected chi connectivity index (χ2v) is 10.2. The second kappa shape index (κ2) is 9.33. The molecule has 0 fully saturated rings. The molecule has 1 atom stereocenters. The largest absolute Gasteiger partial charge is 0.294 e. The van der Waals surface area contributed by atoms with E-state index in [0.717, 1.165) is 0 Å². The van der Waals surface area contributed by atoms with Crippen LogP contribution in [0.25, 0.3) is 0 Å². The SMILES string of the molecule is CC(=O)Nc1ccc([As](=O)(O)OO)cc1.O=S(=O)(O)c1cccc(Cl)c1. The number of nitrogens with one attached hydrogen (secondary N) is 1. The standard InChI is InChI=1S/C8H10AsNO5.C6H5ClO3S/c1-6(11)10-8-4-2-7(3-5-8)9(12,13)15-14;7-5-2-1-3-6(4-5)11(8,9)10/h2-5,14H,1H3,(H,10,11)(H,12,13);1-4H,(H,8,9,10). The van der Waals surface area contributed by atoms with Crippen LogP contribution in [0.2, 0.25) is 5.02 Å². The monoisotopic (exact) mass is 467 g/mol. The number of rotatable bonds is 4. The first kappa shape index (κ1) is 22.4. The molecule has 0 aliphatic rings. The van der Waals surface area contributed by atoms with Gasteiger partial charge in [0.05, 0.1) is 4.90 Å². The predicted octanol–water partition coefficient (Wildman–Crippen LogP) is 1.29. The van der Waals surface area contributed by atoms with Gasteiger partial charge in [0.1, 0.15) is 0 Å². The van der Waals surface area contributed by atoms with Gasteiger partial charge < -0.3 is 0 Å². The molecular formula is C14H15AsClNO8S. The molecule has 2 rings (SSSR count). The summed E-state index contributed by atoms with van der Waals surface area (Å²) < 4.78 is 53.3. The quantitative estimate of drug-likeness (QED) is 0.227. The van der Waals surface area contributed by atoms with Gasteiger partial charge in [-0.1, -0.05) is 17.7 Å². The molecule has 0 saturated carbocycles. The Hall–Kier alpha value is -1.65.